The summed E-state index contributed by atoms with van der Waals surface area (Å²) in [5, 5.41) is 0. The molecule has 1 saturated heterocycles. The molecular formula is C15H23NO2. The molecule has 0 bridgehead atoms. The highest BCUT2D eigenvalue weighted by Crippen LogP contribution is 2.29. The maximum absolute atomic E-state index is 6.01. The third-order valence-corrected chi connectivity index (χ3v) is 3.62. The Bertz CT molecular complexity index is 364. The lowest BCUT2D eigenvalue weighted by molar-refractivity contribution is -0.105. The average Bonchev–Trinajstić information content (AvgIpc) is 2.38. The Morgan fingerprint density at radius 3 is 2.72 bits per heavy atom. The fraction of sp³-hybridized carbons (Fsp3) is 0.600. The second-order valence-electron chi connectivity index (χ2n) is 5.46. The summed E-state index contributed by atoms with van der Waals surface area (Å²) in [5.74, 6) is 0. The van der Waals surface area contributed by atoms with E-state index in [4.69, 9.17) is 9.47 Å². The van der Waals surface area contributed by atoms with E-state index in [1.807, 2.05) is 6.07 Å². The molecule has 0 amide bonds. The summed E-state index contributed by atoms with van der Waals surface area (Å²) >= 11 is 0. The van der Waals surface area contributed by atoms with Gasteiger partial charge in [0, 0.05) is 25.7 Å². The van der Waals surface area contributed by atoms with Gasteiger partial charge >= 0.3 is 0 Å². The van der Waals surface area contributed by atoms with Crippen molar-refractivity contribution >= 4 is 0 Å². The van der Waals surface area contributed by atoms with Crippen molar-refractivity contribution in [1.29, 1.82) is 0 Å². The van der Waals surface area contributed by atoms with E-state index in [1.54, 1.807) is 7.11 Å². The van der Waals surface area contributed by atoms with Crippen molar-refractivity contribution in [2.45, 2.75) is 25.5 Å². The number of nitrogens with zero attached hydrogens (tertiary/aromatic N) is 1. The van der Waals surface area contributed by atoms with Crippen LogP contribution in [0.5, 0.6) is 0 Å². The molecule has 1 aliphatic heterocycles. The van der Waals surface area contributed by atoms with Gasteiger partial charge in [-0.3, -0.25) is 4.90 Å². The smallest absolute Gasteiger partial charge is 0.0952 e. The second kappa shape index (κ2) is 5.83. The molecule has 1 aromatic rings. The molecular weight excluding hydrogens is 226 g/mol. The van der Waals surface area contributed by atoms with E-state index in [0.29, 0.717) is 0 Å². The minimum atomic E-state index is 0.0871. The van der Waals surface area contributed by atoms with E-state index >= 15 is 0 Å². The zero-order valence-electron chi connectivity index (χ0n) is 11.6. The lowest BCUT2D eigenvalue weighted by atomic mass is 9.98. The van der Waals surface area contributed by atoms with Crippen molar-refractivity contribution in [3.63, 3.8) is 0 Å². The summed E-state index contributed by atoms with van der Waals surface area (Å²) < 4.78 is 11.2. The van der Waals surface area contributed by atoms with Gasteiger partial charge in [-0.05, 0) is 19.4 Å². The maximum atomic E-state index is 6.01. The van der Waals surface area contributed by atoms with Crippen molar-refractivity contribution in [2.75, 3.05) is 33.4 Å². The van der Waals surface area contributed by atoms with Crippen molar-refractivity contribution in [2.24, 2.45) is 0 Å². The van der Waals surface area contributed by atoms with Crippen LogP contribution in [-0.4, -0.2) is 43.9 Å². The van der Waals surface area contributed by atoms with Crippen molar-refractivity contribution in [3.8, 4) is 0 Å². The minimum Gasteiger partial charge on any atom is -0.383 e. The SMILES string of the molecule is COCCN1CC(c2ccccc2)OCC1(C)C. The lowest BCUT2D eigenvalue weighted by Gasteiger charge is -2.45. The lowest BCUT2D eigenvalue weighted by Crippen LogP contribution is -2.54. The van der Waals surface area contributed by atoms with Crippen molar-refractivity contribution in [1.82, 2.24) is 4.90 Å². The predicted molar refractivity (Wildman–Crippen MR) is 72.7 cm³/mol. The Labute approximate surface area is 110 Å². The van der Waals surface area contributed by atoms with Crippen LogP contribution < -0.4 is 0 Å². The number of morpholine rings is 1. The topological polar surface area (TPSA) is 21.7 Å². The Hall–Kier alpha value is -0.900. The first-order chi connectivity index (χ1) is 8.63. The van der Waals surface area contributed by atoms with Gasteiger partial charge in [-0.1, -0.05) is 30.3 Å². The van der Waals surface area contributed by atoms with Crippen LogP contribution in [0.15, 0.2) is 30.3 Å². The average molecular weight is 249 g/mol. The van der Waals surface area contributed by atoms with Gasteiger partial charge in [-0.2, -0.15) is 0 Å². The molecule has 3 heteroatoms. The van der Waals surface area contributed by atoms with Crippen LogP contribution in [-0.2, 0) is 9.47 Å². The molecule has 1 fully saturated rings. The molecule has 0 saturated carbocycles. The van der Waals surface area contributed by atoms with Gasteiger partial charge in [0.2, 0.25) is 0 Å². The molecule has 3 nitrogen and oxygen atoms in total. The number of hydrogen-bond donors (Lipinski definition) is 0. The molecule has 1 heterocycles. The van der Waals surface area contributed by atoms with Crippen LogP contribution in [0.25, 0.3) is 0 Å². The van der Waals surface area contributed by atoms with Crippen LogP contribution >= 0.6 is 0 Å². The summed E-state index contributed by atoms with van der Waals surface area (Å²) in [5.41, 5.74) is 1.35. The van der Waals surface area contributed by atoms with Crippen LogP contribution in [0.2, 0.25) is 0 Å². The summed E-state index contributed by atoms with van der Waals surface area (Å²) in [4.78, 5) is 2.46. The normalized spacial score (nSPS) is 24.1. The van der Waals surface area contributed by atoms with Gasteiger partial charge in [0.25, 0.3) is 0 Å². The standard InChI is InChI=1S/C15H23NO2/c1-15(2)12-18-14(11-16(15)9-10-17-3)13-7-5-4-6-8-13/h4-8,14H,9-12H2,1-3H3. The monoisotopic (exact) mass is 249 g/mol. The van der Waals surface area contributed by atoms with Crippen molar-refractivity contribution < 1.29 is 9.47 Å². The molecule has 0 aliphatic carbocycles. The second-order valence-corrected chi connectivity index (χ2v) is 5.46. The van der Waals surface area contributed by atoms with Gasteiger partial charge in [0.15, 0.2) is 0 Å². The zero-order chi connectivity index (χ0) is 13.0. The molecule has 100 valence electrons. The summed E-state index contributed by atoms with van der Waals surface area (Å²) in [6.45, 7) is 7.87. The van der Waals surface area contributed by atoms with Crippen molar-refractivity contribution in [3.05, 3.63) is 35.9 Å². The Kier molecular flexibility index (Phi) is 4.38. The van der Waals surface area contributed by atoms with Gasteiger partial charge in [0.1, 0.15) is 0 Å². The van der Waals surface area contributed by atoms with Gasteiger partial charge < -0.3 is 9.47 Å². The molecule has 0 radical (unpaired) electrons. The Morgan fingerprint density at radius 2 is 2.06 bits per heavy atom. The zero-order valence-corrected chi connectivity index (χ0v) is 11.6. The van der Waals surface area contributed by atoms with Gasteiger partial charge in [-0.15, -0.1) is 0 Å². The highest BCUT2D eigenvalue weighted by molar-refractivity contribution is 5.18. The highest BCUT2D eigenvalue weighted by atomic mass is 16.5. The third kappa shape index (κ3) is 3.10. The summed E-state index contributed by atoms with van der Waals surface area (Å²) in [6.07, 6.45) is 0.177. The first kappa shape index (κ1) is 13.5. The van der Waals surface area contributed by atoms with Crippen LogP contribution in [0.3, 0.4) is 0 Å². The van der Waals surface area contributed by atoms with E-state index in [1.165, 1.54) is 5.56 Å². The molecule has 1 atom stereocenters. The van der Waals surface area contributed by atoms with E-state index in [-0.39, 0.29) is 11.6 Å². The number of ether oxygens (including phenoxy) is 2. The molecule has 1 unspecified atom stereocenters. The molecule has 18 heavy (non-hydrogen) atoms. The van der Waals surface area contributed by atoms with E-state index in [9.17, 15) is 0 Å². The Morgan fingerprint density at radius 1 is 1.33 bits per heavy atom. The number of methoxy groups -OCH3 is 1. The van der Waals surface area contributed by atoms with E-state index in [0.717, 1.165) is 26.3 Å². The maximum Gasteiger partial charge on any atom is 0.0952 e. The fourth-order valence-corrected chi connectivity index (χ4v) is 2.36. The third-order valence-electron chi connectivity index (χ3n) is 3.62. The van der Waals surface area contributed by atoms with E-state index < -0.39 is 0 Å². The molecule has 1 aromatic carbocycles. The molecule has 0 aromatic heterocycles. The fourth-order valence-electron chi connectivity index (χ4n) is 2.36. The largest absolute Gasteiger partial charge is 0.383 e. The number of benzene rings is 1. The molecule has 0 N–H and O–H groups in total. The predicted octanol–water partition coefficient (Wildman–Crippen LogP) is 2.48. The first-order valence-electron chi connectivity index (χ1n) is 6.54. The Balaban J connectivity index is 2.05. The number of hydrogen-bond acceptors (Lipinski definition) is 3. The molecule has 0 spiro atoms. The van der Waals surface area contributed by atoms with E-state index in [2.05, 4.69) is 43.0 Å². The first-order valence-corrected chi connectivity index (χ1v) is 6.54. The summed E-state index contributed by atoms with van der Waals surface area (Å²) in [7, 11) is 1.75. The van der Waals surface area contributed by atoms with Gasteiger partial charge in [-0.25, -0.2) is 0 Å². The minimum absolute atomic E-state index is 0.0871. The molecule has 1 aliphatic rings. The quantitative estimate of drug-likeness (QED) is 0.818. The number of rotatable bonds is 4. The van der Waals surface area contributed by atoms with Gasteiger partial charge in [0.05, 0.1) is 19.3 Å². The summed E-state index contributed by atoms with van der Waals surface area (Å²) in [6, 6.07) is 10.4. The molecule has 2 rings (SSSR count). The van der Waals surface area contributed by atoms with Crippen LogP contribution in [0, 0.1) is 0 Å². The highest BCUT2D eigenvalue weighted by Gasteiger charge is 2.35. The van der Waals surface area contributed by atoms with Crippen LogP contribution in [0.4, 0.5) is 0 Å². The van der Waals surface area contributed by atoms with Crippen LogP contribution in [0.1, 0.15) is 25.5 Å².